The summed E-state index contributed by atoms with van der Waals surface area (Å²) in [5, 5.41) is 8.26. The molecular formula is C14H18BrN3O2. The van der Waals surface area contributed by atoms with Gasteiger partial charge in [-0.05, 0) is 38.5 Å². The topological polar surface area (TPSA) is 49.2 Å². The van der Waals surface area contributed by atoms with Crippen molar-refractivity contribution in [3.8, 4) is 5.69 Å². The van der Waals surface area contributed by atoms with Crippen molar-refractivity contribution in [1.29, 1.82) is 0 Å². The van der Waals surface area contributed by atoms with Crippen molar-refractivity contribution >= 4 is 15.9 Å². The van der Waals surface area contributed by atoms with E-state index in [9.17, 15) is 0 Å². The molecule has 108 valence electrons. The summed E-state index contributed by atoms with van der Waals surface area (Å²) in [6.45, 7) is 7.02. The minimum absolute atomic E-state index is 0.465. The molecule has 0 amide bonds. The van der Waals surface area contributed by atoms with Gasteiger partial charge >= 0.3 is 0 Å². The average molecular weight is 340 g/mol. The van der Waals surface area contributed by atoms with Gasteiger partial charge < -0.3 is 9.47 Å². The predicted molar refractivity (Wildman–Crippen MR) is 79.8 cm³/mol. The molecule has 0 aliphatic heterocycles. The zero-order valence-electron chi connectivity index (χ0n) is 11.8. The molecule has 0 aliphatic rings. The summed E-state index contributed by atoms with van der Waals surface area (Å²) < 4.78 is 13.8. The van der Waals surface area contributed by atoms with Gasteiger partial charge in [0.25, 0.3) is 0 Å². The van der Waals surface area contributed by atoms with Crippen LogP contribution in [0, 0.1) is 6.92 Å². The lowest BCUT2D eigenvalue weighted by atomic mass is 10.2. The third-order valence-corrected chi connectivity index (χ3v) is 3.66. The second-order valence-electron chi connectivity index (χ2n) is 4.26. The van der Waals surface area contributed by atoms with Crippen LogP contribution in [0.4, 0.5) is 0 Å². The van der Waals surface area contributed by atoms with Gasteiger partial charge in [-0.15, -0.1) is 5.10 Å². The molecule has 2 aromatic rings. The number of aromatic nitrogens is 3. The Kier molecular flexibility index (Phi) is 5.28. The van der Waals surface area contributed by atoms with Crippen molar-refractivity contribution in [3.63, 3.8) is 0 Å². The first kappa shape index (κ1) is 15.2. The maximum absolute atomic E-state index is 5.51. The third-order valence-electron chi connectivity index (χ3n) is 2.81. The summed E-state index contributed by atoms with van der Waals surface area (Å²) >= 11 is 3.52. The lowest BCUT2D eigenvalue weighted by molar-refractivity contribution is -0.142. The van der Waals surface area contributed by atoms with Gasteiger partial charge in [-0.2, -0.15) is 0 Å². The van der Waals surface area contributed by atoms with Crippen molar-refractivity contribution in [2.75, 3.05) is 13.2 Å². The maximum Gasteiger partial charge on any atom is 0.204 e. The van der Waals surface area contributed by atoms with E-state index in [2.05, 4.69) is 26.2 Å². The van der Waals surface area contributed by atoms with Crippen LogP contribution in [0.15, 0.2) is 28.9 Å². The fourth-order valence-electron chi connectivity index (χ4n) is 1.76. The standard InChI is InChI=1S/C14H18BrN3O2/c1-4-19-14(20-5-2)13-9-18(17-16-13)11-7-6-10(3)12(15)8-11/h6-9,14H,4-5H2,1-3H3. The van der Waals surface area contributed by atoms with Crippen LogP contribution in [0.2, 0.25) is 0 Å². The second-order valence-corrected chi connectivity index (χ2v) is 5.12. The fraction of sp³-hybridized carbons (Fsp3) is 0.429. The van der Waals surface area contributed by atoms with E-state index in [1.165, 1.54) is 5.56 Å². The van der Waals surface area contributed by atoms with E-state index in [1.54, 1.807) is 4.68 Å². The van der Waals surface area contributed by atoms with Gasteiger partial charge in [0.1, 0.15) is 5.69 Å². The van der Waals surface area contributed by atoms with Crippen molar-refractivity contribution in [2.24, 2.45) is 0 Å². The molecule has 0 saturated heterocycles. The predicted octanol–water partition coefficient (Wildman–Crippen LogP) is 3.41. The van der Waals surface area contributed by atoms with Gasteiger partial charge in [-0.1, -0.05) is 27.2 Å². The molecule has 0 unspecified atom stereocenters. The largest absolute Gasteiger partial charge is 0.347 e. The summed E-state index contributed by atoms with van der Waals surface area (Å²) in [5.74, 6) is 0. The number of ether oxygens (including phenoxy) is 2. The molecule has 0 bridgehead atoms. The van der Waals surface area contributed by atoms with Crippen LogP contribution < -0.4 is 0 Å². The summed E-state index contributed by atoms with van der Waals surface area (Å²) in [7, 11) is 0. The smallest absolute Gasteiger partial charge is 0.204 e. The lowest BCUT2D eigenvalue weighted by Crippen LogP contribution is -2.09. The van der Waals surface area contributed by atoms with Gasteiger partial charge in [-0.25, -0.2) is 4.68 Å². The van der Waals surface area contributed by atoms with Crippen molar-refractivity contribution in [3.05, 3.63) is 40.1 Å². The molecule has 0 N–H and O–H groups in total. The van der Waals surface area contributed by atoms with E-state index in [1.807, 2.05) is 45.2 Å². The van der Waals surface area contributed by atoms with E-state index in [-0.39, 0.29) is 0 Å². The Morgan fingerprint density at radius 1 is 1.25 bits per heavy atom. The van der Waals surface area contributed by atoms with E-state index >= 15 is 0 Å². The Labute approximate surface area is 127 Å². The normalized spacial score (nSPS) is 11.2. The SMILES string of the molecule is CCOC(OCC)c1cn(-c2ccc(C)c(Br)c2)nn1. The van der Waals surface area contributed by atoms with Crippen LogP contribution in [0.3, 0.4) is 0 Å². The number of nitrogens with zero attached hydrogens (tertiary/aromatic N) is 3. The molecule has 0 aliphatic carbocycles. The monoisotopic (exact) mass is 339 g/mol. The van der Waals surface area contributed by atoms with Crippen LogP contribution in [-0.2, 0) is 9.47 Å². The van der Waals surface area contributed by atoms with Crippen molar-refractivity contribution < 1.29 is 9.47 Å². The number of hydrogen-bond donors (Lipinski definition) is 0. The van der Waals surface area contributed by atoms with Crippen molar-refractivity contribution in [2.45, 2.75) is 27.1 Å². The van der Waals surface area contributed by atoms with E-state index < -0.39 is 6.29 Å². The van der Waals surface area contributed by atoms with Crippen LogP contribution in [0.25, 0.3) is 5.69 Å². The molecular weight excluding hydrogens is 322 g/mol. The first-order chi connectivity index (χ1) is 9.65. The zero-order chi connectivity index (χ0) is 14.5. The zero-order valence-corrected chi connectivity index (χ0v) is 13.4. The van der Waals surface area contributed by atoms with Gasteiger partial charge in [-0.3, -0.25) is 0 Å². The molecule has 0 radical (unpaired) electrons. The van der Waals surface area contributed by atoms with Gasteiger partial charge in [0.2, 0.25) is 6.29 Å². The lowest BCUT2D eigenvalue weighted by Gasteiger charge is -2.13. The molecule has 1 aromatic heterocycles. The van der Waals surface area contributed by atoms with Crippen molar-refractivity contribution in [1.82, 2.24) is 15.0 Å². The highest BCUT2D eigenvalue weighted by atomic mass is 79.9. The van der Waals surface area contributed by atoms with Gasteiger partial charge in [0.05, 0.1) is 11.9 Å². The Morgan fingerprint density at radius 2 is 1.95 bits per heavy atom. The highest BCUT2D eigenvalue weighted by molar-refractivity contribution is 9.10. The molecule has 1 heterocycles. The fourth-order valence-corrected chi connectivity index (χ4v) is 2.12. The van der Waals surface area contributed by atoms with Gasteiger partial charge in [0, 0.05) is 17.7 Å². The second kappa shape index (κ2) is 6.97. The summed E-state index contributed by atoms with van der Waals surface area (Å²) in [6, 6.07) is 6.03. The first-order valence-corrected chi connectivity index (χ1v) is 7.37. The first-order valence-electron chi connectivity index (χ1n) is 6.57. The number of aryl methyl sites for hydroxylation is 1. The Morgan fingerprint density at radius 3 is 2.55 bits per heavy atom. The molecule has 0 fully saturated rings. The summed E-state index contributed by atoms with van der Waals surface area (Å²) in [6.07, 6.45) is 1.36. The van der Waals surface area contributed by atoms with E-state index in [0.29, 0.717) is 18.9 Å². The van der Waals surface area contributed by atoms with E-state index in [0.717, 1.165) is 10.2 Å². The highest BCUT2D eigenvalue weighted by Crippen LogP contribution is 2.21. The summed E-state index contributed by atoms with van der Waals surface area (Å²) in [4.78, 5) is 0. The number of hydrogen-bond acceptors (Lipinski definition) is 4. The third kappa shape index (κ3) is 3.45. The minimum Gasteiger partial charge on any atom is -0.347 e. The molecule has 6 heteroatoms. The van der Waals surface area contributed by atoms with Crippen LogP contribution >= 0.6 is 15.9 Å². The Hall–Kier alpha value is -1.24. The number of rotatable bonds is 6. The maximum atomic E-state index is 5.51. The highest BCUT2D eigenvalue weighted by Gasteiger charge is 2.16. The molecule has 5 nitrogen and oxygen atoms in total. The molecule has 2 rings (SSSR count). The van der Waals surface area contributed by atoms with Crippen LogP contribution in [-0.4, -0.2) is 28.2 Å². The molecule has 0 saturated carbocycles. The minimum atomic E-state index is -0.465. The Balaban J connectivity index is 2.24. The summed E-state index contributed by atoms with van der Waals surface area (Å²) in [5.41, 5.74) is 2.79. The van der Waals surface area contributed by atoms with E-state index in [4.69, 9.17) is 9.47 Å². The number of halogens is 1. The molecule has 0 spiro atoms. The van der Waals surface area contributed by atoms with Gasteiger partial charge in [0.15, 0.2) is 0 Å². The number of benzene rings is 1. The average Bonchev–Trinajstić information content (AvgIpc) is 2.91. The van der Waals surface area contributed by atoms with Crippen LogP contribution in [0.1, 0.15) is 31.4 Å². The van der Waals surface area contributed by atoms with Crippen LogP contribution in [0.5, 0.6) is 0 Å². The quantitative estimate of drug-likeness (QED) is 0.756. The molecule has 20 heavy (non-hydrogen) atoms. The Bertz CT molecular complexity index is 565. The molecule has 1 aromatic carbocycles. The molecule has 0 atom stereocenters.